The lowest BCUT2D eigenvalue weighted by molar-refractivity contribution is 0.0596. The number of ether oxygens (including phenoxy) is 2. The van der Waals surface area contributed by atoms with E-state index in [0.717, 1.165) is 0 Å². The van der Waals surface area contributed by atoms with Gasteiger partial charge in [-0.25, -0.2) is 4.79 Å². The fraction of sp³-hybridized carbons (Fsp3) is 0.417. The molecule has 5 heteroatoms. The van der Waals surface area contributed by atoms with Crippen LogP contribution in [0.1, 0.15) is 35.7 Å². The lowest BCUT2D eigenvalue weighted by Crippen LogP contribution is -2.05. The molecule has 0 aliphatic rings. The van der Waals surface area contributed by atoms with E-state index in [2.05, 4.69) is 4.74 Å². The molecule has 0 atom stereocenters. The summed E-state index contributed by atoms with van der Waals surface area (Å²) in [6, 6.07) is 1.46. The minimum atomic E-state index is -0.706. The molecule has 0 unspecified atom stereocenters. The monoisotopic (exact) mass is 240 g/mol. The number of aromatic hydroxyl groups is 2. The number of carbonyl (C=O) groups excluding carboxylic acids is 1. The summed E-state index contributed by atoms with van der Waals surface area (Å²) in [5.74, 6) is -1.48. The van der Waals surface area contributed by atoms with Crippen molar-refractivity contribution in [2.24, 2.45) is 0 Å². The van der Waals surface area contributed by atoms with Gasteiger partial charge in [-0.1, -0.05) is 13.8 Å². The van der Waals surface area contributed by atoms with Crippen molar-refractivity contribution in [3.8, 4) is 17.2 Å². The van der Waals surface area contributed by atoms with Crippen molar-refractivity contribution in [2.75, 3.05) is 14.2 Å². The van der Waals surface area contributed by atoms with Crippen LogP contribution in [0.15, 0.2) is 6.07 Å². The van der Waals surface area contributed by atoms with Crippen LogP contribution in [-0.4, -0.2) is 30.4 Å². The molecular weight excluding hydrogens is 224 g/mol. The fourth-order valence-electron chi connectivity index (χ4n) is 1.57. The molecule has 0 aromatic heterocycles. The van der Waals surface area contributed by atoms with Gasteiger partial charge in [0.05, 0.1) is 14.2 Å². The lowest BCUT2D eigenvalue weighted by Gasteiger charge is -2.16. The van der Waals surface area contributed by atoms with Crippen molar-refractivity contribution in [2.45, 2.75) is 19.8 Å². The van der Waals surface area contributed by atoms with Gasteiger partial charge in [-0.3, -0.25) is 0 Å². The number of rotatable bonds is 3. The highest BCUT2D eigenvalue weighted by molar-refractivity contribution is 5.94. The molecule has 0 saturated carbocycles. The third kappa shape index (κ3) is 2.27. The molecule has 17 heavy (non-hydrogen) atoms. The highest BCUT2D eigenvalue weighted by Gasteiger charge is 2.23. The van der Waals surface area contributed by atoms with Crippen LogP contribution >= 0.6 is 0 Å². The molecule has 2 N–H and O–H groups in total. The normalized spacial score (nSPS) is 10.4. The predicted octanol–water partition coefficient (Wildman–Crippen LogP) is 2.02. The van der Waals surface area contributed by atoms with E-state index < -0.39 is 17.5 Å². The molecule has 0 aliphatic carbocycles. The van der Waals surface area contributed by atoms with E-state index in [4.69, 9.17) is 4.74 Å². The zero-order valence-corrected chi connectivity index (χ0v) is 10.3. The van der Waals surface area contributed by atoms with Crippen molar-refractivity contribution in [3.05, 3.63) is 17.2 Å². The van der Waals surface area contributed by atoms with Gasteiger partial charge in [-0.05, 0) is 12.0 Å². The third-order valence-electron chi connectivity index (χ3n) is 2.49. The molecule has 94 valence electrons. The molecule has 0 bridgehead atoms. The van der Waals surface area contributed by atoms with Gasteiger partial charge < -0.3 is 19.7 Å². The maximum atomic E-state index is 11.4. The van der Waals surface area contributed by atoms with Gasteiger partial charge in [0.1, 0.15) is 5.56 Å². The number of esters is 1. The Morgan fingerprint density at radius 3 is 2.24 bits per heavy atom. The Bertz CT molecular complexity index is 437. The maximum absolute atomic E-state index is 11.4. The second-order valence-electron chi connectivity index (χ2n) is 3.89. The van der Waals surface area contributed by atoms with Crippen LogP contribution in [0.25, 0.3) is 0 Å². The number of benzene rings is 1. The summed E-state index contributed by atoms with van der Waals surface area (Å²) in [6.45, 7) is 3.77. The summed E-state index contributed by atoms with van der Waals surface area (Å²) in [5, 5.41) is 19.5. The highest BCUT2D eigenvalue weighted by Crippen LogP contribution is 2.43. The highest BCUT2D eigenvalue weighted by atomic mass is 16.5. The Kier molecular flexibility index (Phi) is 3.83. The number of carbonyl (C=O) groups is 1. The largest absolute Gasteiger partial charge is 0.504 e. The van der Waals surface area contributed by atoms with Crippen LogP contribution in [0.3, 0.4) is 0 Å². The van der Waals surface area contributed by atoms with Crippen LogP contribution in [0.5, 0.6) is 17.2 Å². The van der Waals surface area contributed by atoms with E-state index in [-0.39, 0.29) is 17.2 Å². The van der Waals surface area contributed by atoms with Crippen molar-refractivity contribution in [3.63, 3.8) is 0 Å². The zero-order valence-electron chi connectivity index (χ0n) is 10.3. The lowest BCUT2D eigenvalue weighted by atomic mass is 9.98. The topological polar surface area (TPSA) is 76.0 Å². The summed E-state index contributed by atoms with van der Waals surface area (Å²) >= 11 is 0. The minimum absolute atomic E-state index is 0.0276. The van der Waals surface area contributed by atoms with Gasteiger partial charge in [0.15, 0.2) is 11.5 Å². The summed E-state index contributed by atoms with van der Waals surface area (Å²) in [7, 11) is 2.59. The average molecular weight is 240 g/mol. The first-order valence-corrected chi connectivity index (χ1v) is 5.15. The number of phenols is 2. The number of methoxy groups -OCH3 is 2. The Labute approximate surface area is 99.6 Å². The fourth-order valence-corrected chi connectivity index (χ4v) is 1.57. The molecule has 0 fully saturated rings. The molecule has 0 heterocycles. The molecule has 0 spiro atoms. The van der Waals surface area contributed by atoms with Crippen LogP contribution in [-0.2, 0) is 4.74 Å². The number of hydrogen-bond donors (Lipinski definition) is 2. The van der Waals surface area contributed by atoms with Gasteiger partial charge in [0, 0.05) is 5.56 Å². The van der Waals surface area contributed by atoms with E-state index in [1.165, 1.54) is 20.3 Å². The van der Waals surface area contributed by atoms with Gasteiger partial charge in [-0.15, -0.1) is 0 Å². The Balaban J connectivity index is 3.51. The van der Waals surface area contributed by atoms with E-state index >= 15 is 0 Å². The first-order valence-electron chi connectivity index (χ1n) is 5.15. The second kappa shape index (κ2) is 4.95. The van der Waals surface area contributed by atoms with Crippen LogP contribution < -0.4 is 4.74 Å². The Morgan fingerprint density at radius 1 is 1.24 bits per heavy atom. The molecule has 1 aromatic carbocycles. The first-order chi connectivity index (χ1) is 7.93. The van der Waals surface area contributed by atoms with Crippen LogP contribution in [0.4, 0.5) is 0 Å². The molecule has 0 aliphatic heterocycles. The van der Waals surface area contributed by atoms with Crippen LogP contribution in [0.2, 0.25) is 0 Å². The van der Waals surface area contributed by atoms with Crippen LogP contribution in [0, 0.1) is 0 Å². The minimum Gasteiger partial charge on any atom is -0.504 e. The summed E-state index contributed by atoms with van der Waals surface area (Å²) < 4.78 is 9.55. The molecular formula is C12H16O5. The third-order valence-corrected chi connectivity index (χ3v) is 2.49. The maximum Gasteiger partial charge on any atom is 0.341 e. The zero-order chi connectivity index (χ0) is 13.2. The van der Waals surface area contributed by atoms with E-state index in [9.17, 15) is 15.0 Å². The SMILES string of the molecule is COC(=O)c1cc(C(C)C)c(OC)c(O)c1O. The molecule has 0 saturated heterocycles. The van der Waals surface area contributed by atoms with Gasteiger partial charge in [0.25, 0.3) is 0 Å². The Hall–Kier alpha value is -1.91. The van der Waals surface area contributed by atoms with Crippen molar-refractivity contribution in [1.82, 2.24) is 0 Å². The van der Waals surface area contributed by atoms with Gasteiger partial charge >= 0.3 is 5.97 Å². The first kappa shape index (κ1) is 13.2. The smallest absolute Gasteiger partial charge is 0.341 e. The van der Waals surface area contributed by atoms with Crippen molar-refractivity contribution < 1.29 is 24.5 Å². The number of phenolic OH excluding ortho intramolecular Hbond substituents is 2. The number of hydrogen-bond acceptors (Lipinski definition) is 5. The quantitative estimate of drug-likeness (QED) is 0.624. The van der Waals surface area contributed by atoms with E-state index in [0.29, 0.717) is 5.56 Å². The second-order valence-corrected chi connectivity index (χ2v) is 3.89. The van der Waals surface area contributed by atoms with Gasteiger partial charge in [-0.2, -0.15) is 0 Å². The molecule has 0 amide bonds. The van der Waals surface area contributed by atoms with Crippen molar-refractivity contribution in [1.29, 1.82) is 0 Å². The Morgan fingerprint density at radius 2 is 1.82 bits per heavy atom. The van der Waals surface area contributed by atoms with E-state index in [1.54, 1.807) is 0 Å². The van der Waals surface area contributed by atoms with E-state index in [1.807, 2.05) is 13.8 Å². The molecule has 1 rings (SSSR count). The van der Waals surface area contributed by atoms with Gasteiger partial charge in [0.2, 0.25) is 5.75 Å². The summed E-state index contributed by atoms with van der Waals surface area (Å²) in [4.78, 5) is 11.4. The standard InChI is InChI=1S/C12H16O5/c1-6(2)7-5-8(12(15)17-4)9(13)10(14)11(7)16-3/h5-6,13-14H,1-4H3. The summed E-state index contributed by atoms with van der Waals surface area (Å²) in [6.07, 6.45) is 0. The average Bonchev–Trinajstić information content (AvgIpc) is 2.30. The van der Waals surface area contributed by atoms with Crippen molar-refractivity contribution >= 4 is 5.97 Å². The molecule has 0 radical (unpaired) electrons. The summed E-state index contributed by atoms with van der Waals surface area (Å²) in [5.41, 5.74) is 0.553. The molecule has 1 aromatic rings. The molecule has 5 nitrogen and oxygen atoms in total. The predicted molar refractivity (Wildman–Crippen MR) is 61.8 cm³/mol.